The van der Waals surface area contributed by atoms with Crippen molar-refractivity contribution in [2.75, 3.05) is 26.2 Å². The molecule has 1 atom stereocenters. The van der Waals surface area contributed by atoms with Crippen LogP contribution >= 0.6 is 46.7 Å². The van der Waals surface area contributed by atoms with Crippen molar-refractivity contribution in [1.29, 1.82) is 0 Å². The molecule has 1 unspecified atom stereocenters. The summed E-state index contributed by atoms with van der Waals surface area (Å²) in [6, 6.07) is 4.30. The number of thiophene rings is 2. The highest BCUT2D eigenvalue weighted by molar-refractivity contribution is 14.0. The van der Waals surface area contributed by atoms with Crippen molar-refractivity contribution in [2.24, 2.45) is 4.99 Å². The van der Waals surface area contributed by atoms with E-state index in [1.165, 1.54) is 16.0 Å². The topological polar surface area (TPSA) is 56.7 Å². The molecule has 0 spiro atoms. The number of hydrogen-bond donors (Lipinski definition) is 2. The van der Waals surface area contributed by atoms with Crippen molar-refractivity contribution in [3.05, 3.63) is 44.3 Å². The molecular formula is C20H29IN4OS2. The van der Waals surface area contributed by atoms with Crippen molar-refractivity contribution < 1.29 is 4.79 Å². The minimum atomic E-state index is 0. The molecule has 0 saturated heterocycles. The van der Waals surface area contributed by atoms with Crippen LogP contribution in [0.15, 0.2) is 33.3 Å². The van der Waals surface area contributed by atoms with E-state index in [4.69, 9.17) is 0 Å². The number of carbonyl (C=O) groups is 1. The number of amides is 1. The molecule has 1 amide bonds. The van der Waals surface area contributed by atoms with Gasteiger partial charge in [0.15, 0.2) is 5.96 Å². The number of aliphatic imine (C=N–C) groups is 1. The summed E-state index contributed by atoms with van der Waals surface area (Å²) < 4.78 is 0. The third kappa shape index (κ3) is 6.45. The van der Waals surface area contributed by atoms with Crippen LogP contribution in [0.1, 0.15) is 42.2 Å². The van der Waals surface area contributed by atoms with Crippen LogP contribution in [0.3, 0.4) is 0 Å². The van der Waals surface area contributed by atoms with E-state index in [0.29, 0.717) is 18.9 Å². The number of carbonyl (C=O) groups excluding carboxylic acids is 1. The van der Waals surface area contributed by atoms with Crippen LogP contribution in [0.4, 0.5) is 0 Å². The zero-order chi connectivity index (χ0) is 19.1. The standard InChI is InChI=1S/C20H28N4OS2.HI/c1-3-21-20(23-12-15(2)17-6-10-26-14-17)22-8-4-19(25)24-9-5-18-16(13-24)7-11-27-18;/h6-7,10-11,14-15H,3-5,8-9,12-13H2,1-2H3,(H2,21,22,23);1H. The minimum absolute atomic E-state index is 0. The average Bonchev–Trinajstić information content (AvgIpc) is 3.36. The van der Waals surface area contributed by atoms with Gasteiger partial charge in [-0.2, -0.15) is 11.3 Å². The maximum atomic E-state index is 12.5. The Bertz CT molecular complexity index is 760. The summed E-state index contributed by atoms with van der Waals surface area (Å²) in [5.74, 6) is 1.38. The van der Waals surface area contributed by atoms with Crippen molar-refractivity contribution in [3.8, 4) is 0 Å². The number of guanidine groups is 1. The molecule has 2 aromatic heterocycles. The number of fused-ring (bicyclic) bond motifs is 1. The predicted octanol–water partition coefficient (Wildman–Crippen LogP) is 4.06. The normalized spacial score (nSPS) is 14.8. The Hall–Kier alpha value is -1.13. The molecule has 1 aliphatic rings. The van der Waals surface area contributed by atoms with Crippen LogP contribution < -0.4 is 10.6 Å². The third-order valence-corrected chi connectivity index (χ3v) is 6.50. The van der Waals surface area contributed by atoms with Gasteiger partial charge < -0.3 is 15.5 Å². The van der Waals surface area contributed by atoms with Gasteiger partial charge >= 0.3 is 0 Å². The molecule has 28 heavy (non-hydrogen) atoms. The monoisotopic (exact) mass is 532 g/mol. The molecule has 3 rings (SSSR count). The first kappa shape index (κ1) is 23.2. The first-order valence-electron chi connectivity index (χ1n) is 9.54. The fourth-order valence-corrected chi connectivity index (χ4v) is 4.81. The van der Waals surface area contributed by atoms with Gasteiger partial charge in [-0.1, -0.05) is 6.92 Å². The fraction of sp³-hybridized carbons (Fsp3) is 0.500. The van der Waals surface area contributed by atoms with Crippen LogP contribution in [0.25, 0.3) is 0 Å². The highest BCUT2D eigenvalue weighted by Crippen LogP contribution is 2.24. The molecule has 5 nitrogen and oxygen atoms in total. The van der Waals surface area contributed by atoms with E-state index in [1.54, 1.807) is 22.7 Å². The predicted molar refractivity (Wildman–Crippen MR) is 130 cm³/mol. The second kappa shape index (κ2) is 11.8. The van der Waals surface area contributed by atoms with E-state index in [2.05, 4.69) is 57.7 Å². The Balaban J connectivity index is 0.00000280. The summed E-state index contributed by atoms with van der Waals surface area (Å²) in [5.41, 5.74) is 2.64. The molecule has 0 saturated carbocycles. The lowest BCUT2D eigenvalue weighted by Gasteiger charge is -2.27. The maximum Gasteiger partial charge on any atom is 0.224 e. The molecule has 0 aromatic carbocycles. The molecule has 0 fully saturated rings. The molecule has 2 aromatic rings. The number of nitrogens with zero attached hydrogens (tertiary/aromatic N) is 2. The van der Waals surface area contributed by atoms with Gasteiger partial charge in [0, 0.05) is 49.9 Å². The van der Waals surface area contributed by atoms with E-state index in [1.807, 2.05) is 4.90 Å². The summed E-state index contributed by atoms with van der Waals surface area (Å²) in [5, 5.41) is 13.0. The second-order valence-electron chi connectivity index (χ2n) is 6.79. The highest BCUT2D eigenvalue weighted by atomic mass is 127. The van der Waals surface area contributed by atoms with Crippen LogP contribution in [0.2, 0.25) is 0 Å². The minimum Gasteiger partial charge on any atom is -0.357 e. The van der Waals surface area contributed by atoms with Crippen molar-refractivity contribution in [3.63, 3.8) is 0 Å². The molecule has 0 aliphatic carbocycles. The second-order valence-corrected chi connectivity index (χ2v) is 8.57. The van der Waals surface area contributed by atoms with Gasteiger partial charge in [0.1, 0.15) is 0 Å². The van der Waals surface area contributed by atoms with Crippen molar-refractivity contribution >= 4 is 58.5 Å². The van der Waals surface area contributed by atoms with Gasteiger partial charge in [0.05, 0.1) is 0 Å². The van der Waals surface area contributed by atoms with Gasteiger partial charge in [-0.05, 0) is 52.7 Å². The molecule has 0 bridgehead atoms. The Morgan fingerprint density at radius 3 is 2.93 bits per heavy atom. The lowest BCUT2D eigenvalue weighted by atomic mass is 10.1. The largest absolute Gasteiger partial charge is 0.357 e. The van der Waals surface area contributed by atoms with Gasteiger partial charge in [0.2, 0.25) is 5.91 Å². The SMILES string of the molecule is CCNC(=NCC(C)c1ccsc1)NCCC(=O)N1CCc2sccc2C1.I. The number of halogens is 1. The molecule has 8 heteroatoms. The molecular weight excluding hydrogens is 503 g/mol. The third-order valence-electron chi connectivity index (χ3n) is 4.77. The Labute approximate surface area is 192 Å². The molecule has 2 N–H and O–H groups in total. The van der Waals surface area contributed by atoms with Gasteiger partial charge in [-0.25, -0.2) is 0 Å². The maximum absolute atomic E-state index is 12.5. The fourth-order valence-electron chi connectivity index (χ4n) is 3.14. The van der Waals surface area contributed by atoms with Gasteiger partial charge in [-0.3, -0.25) is 9.79 Å². The first-order valence-corrected chi connectivity index (χ1v) is 11.4. The van der Waals surface area contributed by atoms with E-state index in [9.17, 15) is 4.79 Å². The zero-order valence-corrected chi connectivity index (χ0v) is 20.4. The van der Waals surface area contributed by atoms with Crippen LogP contribution in [0.5, 0.6) is 0 Å². The summed E-state index contributed by atoms with van der Waals surface area (Å²) in [4.78, 5) is 20.6. The van der Waals surface area contributed by atoms with Gasteiger partial charge in [-0.15, -0.1) is 35.3 Å². The molecule has 0 radical (unpaired) electrons. The van der Waals surface area contributed by atoms with E-state index >= 15 is 0 Å². The Morgan fingerprint density at radius 2 is 2.18 bits per heavy atom. The van der Waals surface area contributed by atoms with Gasteiger partial charge in [0.25, 0.3) is 0 Å². The van der Waals surface area contributed by atoms with E-state index in [0.717, 1.165) is 38.6 Å². The van der Waals surface area contributed by atoms with E-state index in [-0.39, 0.29) is 29.9 Å². The number of nitrogens with one attached hydrogen (secondary N) is 2. The average molecular weight is 533 g/mol. The summed E-state index contributed by atoms with van der Waals surface area (Å²) in [6.45, 7) is 7.96. The van der Waals surface area contributed by atoms with Crippen LogP contribution in [-0.2, 0) is 17.8 Å². The zero-order valence-electron chi connectivity index (χ0n) is 16.4. The van der Waals surface area contributed by atoms with Crippen LogP contribution in [0, 0.1) is 0 Å². The highest BCUT2D eigenvalue weighted by Gasteiger charge is 2.21. The summed E-state index contributed by atoms with van der Waals surface area (Å²) >= 11 is 3.52. The number of rotatable bonds is 7. The molecule has 154 valence electrons. The Morgan fingerprint density at radius 1 is 1.32 bits per heavy atom. The molecule has 1 aliphatic heterocycles. The lowest BCUT2D eigenvalue weighted by Crippen LogP contribution is -2.41. The summed E-state index contributed by atoms with van der Waals surface area (Å²) in [6.07, 6.45) is 1.47. The Kier molecular flexibility index (Phi) is 9.73. The first-order chi connectivity index (χ1) is 13.2. The number of hydrogen-bond acceptors (Lipinski definition) is 4. The quantitative estimate of drug-likeness (QED) is 0.321. The van der Waals surface area contributed by atoms with E-state index < -0.39 is 0 Å². The smallest absolute Gasteiger partial charge is 0.224 e. The van der Waals surface area contributed by atoms with Crippen LogP contribution in [-0.4, -0.2) is 42.9 Å². The van der Waals surface area contributed by atoms with Crippen molar-refractivity contribution in [1.82, 2.24) is 15.5 Å². The summed E-state index contributed by atoms with van der Waals surface area (Å²) in [7, 11) is 0. The van der Waals surface area contributed by atoms with Crippen molar-refractivity contribution in [2.45, 2.75) is 39.2 Å². The lowest BCUT2D eigenvalue weighted by molar-refractivity contribution is -0.131. The molecule has 3 heterocycles.